The second kappa shape index (κ2) is 9.56. The van der Waals surface area contributed by atoms with Gasteiger partial charge in [0.2, 0.25) is 0 Å². The highest BCUT2D eigenvalue weighted by Crippen LogP contribution is 2.29. The van der Waals surface area contributed by atoms with Crippen molar-refractivity contribution in [1.29, 1.82) is 0 Å². The predicted octanol–water partition coefficient (Wildman–Crippen LogP) is 4.86. The van der Waals surface area contributed by atoms with E-state index in [2.05, 4.69) is 5.32 Å². The van der Waals surface area contributed by atoms with Gasteiger partial charge in [-0.2, -0.15) is 13.2 Å². The molecule has 1 amide bonds. The maximum atomic E-state index is 12.6. The van der Waals surface area contributed by atoms with Crippen LogP contribution in [0, 0.1) is 13.8 Å². The Morgan fingerprint density at radius 1 is 1.00 bits per heavy atom. The van der Waals surface area contributed by atoms with Gasteiger partial charge < -0.3 is 10.1 Å². The lowest BCUT2D eigenvalue weighted by Crippen LogP contribution is -2.30. The van der Waals surface area contributed by atoms with Gasteiger partial charge in [0.05, 0.1) is 12.0 Å². The number of hydrogen-bond donors (Lipinski definition) is 1. The Kier molecular flexibility index (Phi) is 7.37. The van der Waals surface area contributed by atoms with Crippen LogP contribution in [0.25, 0.3) is 0 Å². The highest BCUT2D eigenvalue weighted by atomic mass is 19.4. The Labute approximate surface area is 172 Å². The third kappa shape index (κ3) is 6.43. The van der Waals surface area contributed by atoms with E-state index in [1.807, 2.05) is 19.1 Å². The van der Waals surface area contributed by atoms with Gasteiger partial charge in [-0.05, 0) is 56.7 Å². The average Bonchev–Trinajstić information content (AvgIpc) is 2.67. The van der Waals surface area contributed by atoms with E-state index in [9.17, 15) is 27.6 Å². The molecular formula is C22H22F3NO4. The second-order valence-corrected chi connectivity index (χ2v) is 6.94. The lowest BCUT2D eigenvalue weighted by Gasteiger charge is -2.14. The Balaban J connectivity index is 1.85. The number of amides is 1. The number of alkyl halides is 3. The number of halogens is 3. The Hall–Kier alpha value is -3.16. The number of ether oxygens (including phenoxy) is 1. The Bertz CT molecular complexity index is 936. The number of nitrogens with one attached hydrogen (secondary N) is 1. The van der Waals surface area contributed by atoms with E-state index in [0.717, 1.165) is 35.4 Å². The van der Waals surface area contributed by atoms with Crippen LogP contribution in [0.4, 0.5) is 18.9 Å². The zero-order chi connectivity index (χ0) is 22.5. The summed E-state index contributed by atoms with van der Waals surface area (Å²) in [6, 6.07) is 9.36. The van der Waals surface area contributed by atoms with Gasteiger partial charge in [0.25, 0.3) is 5.91 Å². The topological polar surface area (TPSA) is 72.5 Å². The smallest absolute Gasteiger partial charge is 0.416 e. The predicted molar refractivity (Wildman–Crippen MR) is 105 cm³/mol. The maximum Gasteiger partial charge on any atom is 0.416 e. The number of esters is 1. The molecule has 0 fully saturated rings. The fraction of sp³-hybridized carbons (Fsp3) is 0.318. The molecule has 5 nitrogen and oxygen atoms in total. The minimum Gasteiger partial charge on any atom is -0.453 e. The number of carbonyl (C=O) groups is 3. The van der Waals surface area contributed by atoms with Crippen LogP contribution < -0.4 is 5.32 Å². The number of rotatable bonds is 7. The molecule has 0 spiro atoms. The molecule has 0 saturated heterocycles. The number of aryl methyl sites for hydroxylation is 2. The monoisotopic (exact) mass is 421 g/mol. The minimum absolute atomic E-state index is 0.0592. The molecule has 2 aromatic carbocycles. The number of Topliss-reactive ketones (excluding diaryl/α,β-unsaturated/α-hetero) is 1. The van der Waals surface area contributed by atoms with Crippen LogP contribution in [0.1, 0.15) is 46.8 Å². The van der Waals surface area contributed by atoms with Gasteiger partial charge in [0, 0.05) is 17.7 Å². The zero-order valence-electron chi connectivity index (χ0n) is 16.8. The molecule has 0 unspecified atom stereocenters. The molecule has 0 aliphatic heterocycles. The standard InChI is InChI=1S/C22H22F3NO4/c1-13-4-5-14(2)18(12-13)19(27)10-11-20(28)30-15(3)21(29)26-17-8-6-16(7-9-17)22(23,24)25/h4-9,12,15H,10-11H2,1-3H3,(H,26,29)/t15-/m0/s1. The molecule has 0 aliphatic carbocycles. The van der Waals surface area contributed by atoms with Crippen molar-refractivity contribution in [2.24, 2.45) is 0 Å². The maximum absolute atomic E-state index is 12.6. The van der Waals surface area contributed by atoms with Crippen molar-refractivity contribution in [2.45, 2.75) is 45.9 Å². The third-order valence-electron chi connectivity index (χ3n) is 4.41. The largest absolute Gasteiger partial charge is 0.453 e. The molecule has 0 bridgehead atoms. The van der Waals surface area contributed by atoms with Crippen LogP contribution in [-0.2, 0) is 20.5 Å². The molecule has 0 saturated carbocycles. The zero-order valence-corrected chi connectivity index (χ0v) is 16.8. The Morgan fingerprint density at radius 2 is 1.63 bits per heavy atom. The highest BCUT2D eigenvalue weighted by Gasteiger charge is 2.30. The molecule has 0 heterocycles. The van der Waals surface area contributed by atoms with E-state index in [0.29, 0.717) is 5.56 Å². The van der Waals surface area contributed by atoms with Crippen LogP contribution in [0.15, 0.2) is 42.5 Å². The third-order valence-corrected chi connectivity index (χ3v) is 4.41. The van der Waals surface area contributed by atoms with Crippen molar-refractivity contribution >= 4 is 23.3 Å². The molecule has 2 rings (SSSR count). The van der Waals surface area contributed by atoms with Gasteiger partial charge in [-0.25, -0.2) is 0 Å². The average molecular weight is 421 g/mol. The summed E-state index contributed by atoms with van der Waals surface area (Å²) < 4.78 is 42.7. The summed E-state index contributed by atoms with van der Waals surface area (Å²) in [4.78, 5) is 36.4. The van der Waals surface area contributed by atoms with E-state index in [1.54, 1.807) is 13.0 Å². The Morgan fingerprint density at radius 3 is 2.23 bits per heavy atom. The lowest BCUT2D eigenvalue weighted by molar-refractivity contribution is -0.153. The summed E-state index contributed by atoms with van der Waals surface area (Å²) in [5.41, 5.74) is 1.58. The van der Waals surface area contributed by atoms with Gasteiger partial charge in [-0.15, -0.1) is 0 Å². The fourth-order valence-corrected chi connectivity index (χ4v) is 2.68. The molecule has 0 aromatic heterocycles. The first-order chi connectivity index (χ1) is 14.0. The van der Waals surface area contributed by atoms with Crippen molar-refractivity contribution in [3.05, 3.63) is 64.7 Å². The SMILES string of the molecule is Cc1ccc(C)c(C(=O)CCC(=O)O[C@@H](C)C(=O)Nc2ccc(C(F)(F)F)cc2)c1. The van der Waals surface area contributed by atoms with Crippen LogP contribution in [0.5, 0.6) is 0 Å². The van der Waals surface area contributed by atoms with Crippen molar-refractivity contribution in [3.8, 4) is 0 Å². The van der Waals surface area contributed by atoms with E-state index in [-0.39, 0.29) is 24.3 Å². The molecule has 1 N–H and O–H groups in total. The molecule has 30 heavy (non-hydrogen) atoms. The van der Waals surface area contributed by atoms with Crippen molar-refractivity contribution in [3.63, 3.8) is 0 Å². The van der Waals surface area contributed by atoms with Crippen LogP contribution in [0.3, 0.4) is 0 Å². The number of benzene rings is 2. The number of anilines is 1. The summed E-state index contributed by atoms with van der Waals surface area (Å²) in [7, 11) is 0. The lowest BCUT2D eigenvalue weighted by atomic mass is 9.99. The van der Waals surface area contributed by atoms with Crippen LogP contribution in [0.2, 0.25) is 0 Å². The fourth-order valence-electron chi connectivity index (χ4n) is 2.68. The van der Waals surface area contributed by atoms with E-state index < -0.39 is 29.7 Å². The van der Waals surface area contributed by atoms with E-state index >= 15 is 0 Å². The van der Waals surface area contributed by atoms with Crippen molar-refractivity contribution < 1.29 is 32.3 Å². The molecule has 0 aliphatic rings. The quantitative estimate of drug-likeness (QED) is 0.512. The second-order valence-electron chi connectivity index (χ2n) is 6.94. The van der Waals surface area contributed by atoms with Gasteiger partial charge in [0.1, 0.15) is 0 Å². The van der Waals surface area contributed by atoms with E-state index in [1.165, 1.54) is 6.92 Å². The summed E-state index contributed by atoms with van der Waals surface area (Å²) in [6.07, 6.45) is -5.89. The number of hydrogen-bond acceptors (Lipinski definition) is 4. The van der Waals surface area contributed by atoms with Crippen LogP contribution >= 0.6 is 0 Å². The highest BCUT2D eigenvalue weighted by molar-refractivity contribution is 5.99. The summed E-state index contributed by atoms with van der Waals surface area (Å²) in [6.45, 7) is 5.00. The first-order valence-electron chi connectivity index (χ1n) is 9.25. The molecule has 0 radical (unpaired) electrons. The van der Waals surface area contributed by atoms with Crippen molar-refractivity contribution in [1.82, 2.24) is 0 Å². The molecule has 1 atom stereocenters. The minimum atomic E-state index is -4.47. The summed E-state index contributed by atoms with van der Waals surface area (Å²) in [5, 5.41) is 2.38. The normalized spacial score (nSPS) is 12.2. The van der Waals surface area contributed by atoms with Crippen LogP contribution in [-0.4, -0.2) is 23.8 Å². The first-order valence-corrected chi connectivity index (χ1v) is 9.25. The molecule has 8 heteroatoms. The summed E-state index contributed by atoms with van der Waals surface area (Å²) in [5.74, 6) is -1.61. The number of ketones is 1. The van der Waals surface area contributed by atoms with Gasteiger partial charge >= 0.3 is 12.1 Å². The first kappa shape index (κ1) is 23.1. The molecular weight excluding hydrogens is 399 g/mol. The van der Waals surface area contributed by atoms with Gasteiger partial charge in [-0.1, -0.05) is 17.7 Å². The number of carbonyl (C=O) groups excluding carboxylic acids is 3. The van der Waals surface area contributed by atoms with Gasteiger partial charge in [-0.3, -0.25) is 14.4 Å². The van der Waals surface area contributed by atoms with Crippen molar-refractivity contribution in [2.75, 3.05) is 5.32 Å². The molecule has 2 aromatic rings. The summed E-state index contributed by atoms with van der Waals surface area (Å²) >= 11 is 0. The van der Waals surface area contributed by atoms with Gasteiger partial charge in [0.15, 0.2) is 11.9 Å². The molecule has 160 valence electrons. The van der Waals surface area contributed by atoms with E-state index in [4.69, 9.17) is 4.74 Å².